The van der Waals surface area contributed by atoms with E-state index in [0.29, 0.717) is 34.0 Å². The molecule has 0 aliphatic heterocycles. The molecule has 1 atom stereocenters. The highest BCUT2D eigenvalue weighted by atomic mass is 79.9. The van der Waals surface area contributed by atoms with Crippen LogP contribution in [0.15, 0.2) is 165 Å². The van der Waals surface area contributed by atoms with Crippen LogP contribution in [0.3, 0.4) is 0 Å². The summed E-state index contributed by atoms with van der Waals surface area (Å²) >= 11 is 4.79. The highest BCUT2D eigenvalue weighted by Crippen LogP contribution is 2.37. The van der Waals surface area contributed by atoms with E-state index in [1.807, 2.05) is 66.7 Å². The largest absolute Gasteiger partial charge is 0.457 e. The van der Waals surface area contributed by atoms with Crippen LogP contribution in [0.1, 0.15) is 44.2 Å². The van der Waals surface area contributed by atoms with Gasteiger partial charge < -0.3 is 20.4 Å². The van der Waals surface area contributed by atoms with Crippen LogP contribution in [0.5, 0.6) is 0 Å². The Kier molecular flexibility index (Phi) is 11.6. The molecule has 1 aromatic heterocycles. The van der Waals surface area contributed by atoms with Crippen molar-refractivity contribution in [3.8, 4) is 11.3 Å². The fraction of sp³-hybridized carbons (Fsp3) is 0.0476. The van der Waals surface area contributed by atoms with Crippen molar-refractivity contribution in [3.05, 3.63) is 178 Å². The smallest absolute Gasteiger partial charge is 0.272 e. The molecule has 1 heterocycles. The average Bonchev–Trinajstić information content (AvgIpc) is 3.64. The molecule has 3 N–H and O–H groups in total. The third-order valence-corrected chi connectivity index (χ3v) is 9.63. The lowest BCUT2D eigenvalue weighted by Gasteiger charge is -2.18. The first-order chi connectivity index (χ1) is 25.2. The molecule has 0 saturated carbocycles. The SMILES string of the molecule is CC(=O)c1ccc(NC(=O)C(Sc2ccc(NC(=O)C(=Cc3ccc(-c4ccc(Br)cc4)o3)NC(=O)c3ccccc3)cc2)c2ccccc2)cc1. The second-order valence-electron chi connectivity index (χ2n) is 11.6. The topological polar surface area (TPSA) is 118 Å². The van der Waals surface area contributed by atoms with Crippen LogP contribution in [-0.4, -0.2) is 23.5 Å². The number of furan rings is 1. The summed E-state index contributed by atoms with van der Waals surface area (Å²) in [4.78, 5) is 52.8. The van der Waals surface area contributed by atoms with E-state index in [9.17, 15) is 19.2 Å². The van der Waals surface area contributed by atoms with E-state index in [2.05, 4.69) is 31.9 Å². The normalized spacial score (nSPS) is 11.7. The van der Waals surface area contributed by atoms with E-state index in [1.165, 1.54) is 24.8 Å². The third-order valence-electron chi connectivity index (χ3n) is 7.84. The van der Waals surface area contributed by atoms with Crippen molar-refractivity contribution in [2.75, 3.05) is 10.6 Å². The Hall–Kier alpha value is -5.97. The number of anilines is 2. The molecule has 52 heavy (non-hydrogen) atoms. The number of benzene rings is 5. The number of thioether (sulfide) groups is 1. The van der Waals surface area contributed by atoms with E-state index in [4.69, 9.17) is 4.42 Å². The summed E-state index contributed by atoms with van der Waals surface area (Å²) in [6.45, 7) is 1.49. The van der Waals surface area contributed by atoms with Crippen molar-refractivity contribution >= 4 is 68.6 Å². The van der Waals surface area contributed by atoms with Crippen LogP contribution in [-0.2, 0) is 9.59 Å². The molecule has 5 aromatic carbocycles. The minimum Gasteiger partial charge on any atom is -0.457 e. The Balaban J connectivity index is 1.19. The molecule has 0 fully saturated rings. The number of hydrogen-bond donors (Lipinski definition) is 3. The van der Waals surface area contributed by atoms with Crippen molar-refractivity contribution < 1.29 is 23.6 Å². The van der Waals surface area contributed by atoms with Gasteiger partial charge in [0.25, 0.3) is 11.8 Å². The molecule has 6 aromatic rings. The van der Waals surface area contributed by atoms with Gasteiger partial charge in [-0.2, -0.15) is 0 Å². The summed E-state index contributed by atoms with van der Waals surface area (Å²) < 4.78 is 6.95. The van der Waals surface area contributed by atoms with Crippen molar-refractivity contribution in [1.29, 1.82) is 0 Å². The Bertz CT molecular complexity index is 2220. The van der Waals surface area contributed by atoms with Crippen LogP contribution >= 0.6 is 27.7 Å². The second kappa shape index (κ2) is 16.8. The van der Waals surface area contributed by atoms with Gasteiger partial charge in [0.2, 0.25) is 5.91 Å². The summed E-state index contributed by atoms with van der Waals surface area (Å²) in [5.41, 5.74) is 3.67. The Morgan fingerprint density at radius 1 is 0.673 bits per heavy atom. The zero-order chi connectivity index (χ0) is 36.5. The zero-order valence-corrected chi connectivity index (χ0v) is 30.2. The molecule has 258 valence electrons. The molecule has 8 nitrogen and oxygen atoms in total. The first kappa shape index (κ1) is 35.8. The van der Waals surface area contributed by atoms with E-state index >= 15 is 0 Å². The van der Waals surface area contributed by atoms with Crippen molar-refractivity contribution in [1.82, 2.24) is 5.32 Å². The fourth-order valence-corrected chi connectivity index (χ4v) is 6.42. The third kappa shape index (κ3) is 9.42. The molecule has 0 aliphatic rings. The van der Waals surface area contributed by atoms with E-state index in [1.54, 1.807) is 78.9 Å². The lowest BCUT2D eigenvalue weighted by molar-refractivity contribution is -0.116. The summed E-state index contributed by atoms with van der Waals surface area (Å²) in [7, 11) is 0. The number of ketones is 1. The zero-order valence-electron chi connectivity index (χ0n) is 27.8. The number of carbonyl (C=O) groups is 4. The summed E-state index contributed by atoms with van der Waals surface area (Å²) in [6.07, 6.45) is 1.49. The number of amides is 3. The Morgan fingerprint density at radius 2 is 1.29 bits per heavy atom. The molecule has 0 saturated heterocycles. The van der Waals surface area contributed by atoms with Gasteiger partial charge in [-0.25, -0.2) is 0 Å². The van der Waals surface area contributed by atoms with E-state index < -0.39 is 17.1 Å². The van der Waals surface area contributed by atoms with Crippen LogP contribution in [0.4, 0.5) is 11.4 Å². The van der Waals surface area contributed by atoms with E-state index in [0.717, 1.165) is 20.5 Å². The van der Waals surface area contributed by atoms with Crippen molar-refractivity contribution in [3.63, 3.8) is 0 Å². The molecular weight excluding hydrogens is 738 g/mol. The minimum absolute atomic E-state index is 0.0128. The van der Waals surface area contributed by atoms with Crippen LogP contribution in [0.2, 0.25) is 0 Å². The number of hydrogen-bond acceptors (Lipinski definition) is 6. The van der Waals surface area contributed by atoms with Gasteiger partial charge >= 0.3 is 0 Å². The van der Waals surface area contributed by atoms with Gasteiger partial charge in [0.05, 0.1) is 0 Å². The monoisotopic (exact) mass is 769 g/mol. The van der Waals surface area contributed by atoms with Crippen LogP contribution in [0, 0.1) is 0 Å². The van der Waals surface area contributed by atoms with Crippen molar-refractivity contribution in [2.45, 2.75) is 17.1 Å². The van der Waals surface area contributed by atoms with Gasteiger partial charge in [0, 0.05) is 43.5 Å². The summed E-state index contributed by atoms with van der Waals surface area (Å²) in [5, 5.41) is 7.96. The molecule has 6 rings (SSSR count). The predicted molar refractivity (Wildman–Crippen MR) is 209 cm³/mol. The van der Waals surface area contributed by atoms with Gasteiger partial charge in [-0.3, -0.25) is 19.2 Å². The predicted octanol–water partition coefficient (Wildman–Crippen LogP) is 9.79. The maximum Gasteiger partial charge on any atom is 0.272 e. The van der Waals surface area contributed by atoms with Gasteiger partial charge in [0.1, 0.15) is 22.5 Å². The molecule has 1 unspecified atom stereocenters. The number of nitrogens with one attached hydrogen (secondary N) is 3. The Labute approximate surface area is 313 Å². The lowest BCUT2D eigenvalue weighted by atomic mass is 10.1. The molecule has 0 radical (unpaired) electrons. The van der Waals surface area contributed by atoms with Gasteiger partial charge in [-0.05, 0) is 97.4 Å². The molecule has 10 heteroatoms. The summed E-state index contributed by atoms with van der Waals surface area (Å²) in [6, 6.07) is 43.1. The molecular formula is C42H32BrN3O5S. The maximum atomic E-state index is 13.6. The van der Waals surface area contributed by atoms with Crippen molar-refractivity contribution in [2.24, 2.45) is 0 Å². The summed E-state index contributed by atoms with van der Waals surface area (Å²) in [5.74, 6) is -0.299. The van der Waals surface area contributed by atoms with E-state index in [-0.39, 0.29) is 17.4 Å². The maximum absolute atomic E-state index is 13.6. The average molecular weight is 771 g/mol. The van der Waals surface area contributed by atoms with Gasteiger partial charge in [0.15, 0.2) is 5.78 Å². The second-order valence-corrected chi connectivity index (χ2v) is 13.7. The highest BCUT2D eigenvalue weighted by Gasteiger charge is 2.23. The van der Waals surface area contributed by atoms with Crippen LogP contribution < -0.4 is 16.0 Å². The number of Topliss-reactive ketones (excluding diaryl/α,β-unsaturated/α-hetero) is 1. The van der Waals surface area contributed by atoms with Gasteiger partial charge in [-0.15, -0.1) is 11.8 Å². The molecule has 0 aliphatic carbocycles. The minimum atomic E-state index is -0.590. The quantitative estimate of drug-likeness (QED) is 0.0648. The van der Waals surface area contributed by atoms with Gasteiger partial charge in [-0.1, -0.05) is 76.6 Å². The number of rotatable bonds is 12. The Morgan fingerprint density at radius 3 is 1.94 bits per heavy atom. The molecule has 0 spiro atoms. The lowest BCUT2D eigenvalue weighted by Crippen LogP contribution is -2.30. The standard InChI is InChI=1S/C42H32BrN3O5S/c1-27(47)28-14-18-33(19-15-28)45-42(50)39(30-8-4-2-5-9-30)52-36-23-20-34(21-24-36)44-41(49)37(46-40(48)31-10-6-3-7-11-31)26-35-22-25-38(51-35)29-12-16-32(43)17-13-29/h2-26,39H,1H3,(H,44,49)(H,45,50)(H,46,48). The first-order valence-corrected chi connectivity index (χ1v) is 17.9. The number of halogens is 1. The first-order valence-electron chi connectivity index (χ1n) is 16.2. The molecule has 0 bridgehead atoms. The fourth-order valence-electron chi connectivity index (χ4n) is 5.13. The molecule has 3 amide bonds. The van der Waals surface area contributed by atoms with Crippen LogP contribution in [0.25, 0.3) is 17.4 Å². The highest BCUT2D eigenvalue weighted by molar-refractivity contribution is 9.10. The number of carbonyl (C=O) groups excluding carboxylic acids is 4.